The molecule has 0 aliphatic heterocycles. The SMILES string of the molecule is COc1cc(CC(C(=O)O)c2ccc(C)cc2C)cc(OC)c1OC. The lowest BCUT2D eigenvalue weighted by molar-refractivity contribution is -0.138. The van der Waals surface area contributed by atoms with Crippen LogP contribution in [0.15, 0.2) is 30.3 Å². The lowest BCUT2D eigenvalue weighted by Gasteiger charge is -2.18. The Balaban J connectivity index is 2.45. The standard InChI is InChI=1S/C20H24O5/c1-12-6-7-15(13(2)8-12)16(20(21)22)9-14-10-17(23-3)19(25-5)18(11-14)24-4/h6-8,10-11,16H,9H2,1-5H3,(H,21,22). The Morgan fingerprint density at radius 3 is 2.04 bits per heavy atom. The van der Waals surface area contributed by atoms with Gasteiger partial charge in [-0.1, -0.05) is 23.8 Å². The number of carboxylic acids is 1. The maximum absolute atomic E-state index is 11.9. The summed E-state index contributed by atoms with van der Waals surface area (Å²) in [6, 6.07) is 9.41. The Morgan fingerprint density at radius 2 is 1.60 bits per heavy atom. The van der Waals surface area contributed by atoms with Gasteiger partial charge in [0.2, 0.25) is 5.75 Å². The van der Waals surface area contributed by atoms with Crippen LogP contribution >= 0.6 is 0 Å². The molecule has 2 aromatic carbocycles. The van der Waals surface area contributed by atoms with E-state index < -0.39 is 11.9 Å². The second kappa shape index (κ2) is 7.92. The summed E-state index contributed by atoms with van der Waals surface area (Å²) in [7, 11) is 4.62. The minimum absolute atomic E-state index is 0.329. The average Bonchev–Trinajstić information content (AvgIpc) is 2.59. The van der Waals surface area contributed by atoms with E-state index in [0.29, 0.717) is 23.7 Å². The van der Waals surface area contributed by atoms with E-state index in [1.807, 2.05) is 32.0 Å². The van der Waals surface area contributed by atoms with Gasteiger partial charge in [-0.2, -0.15) is 0 Å². The van der Waals surface area contributed by atoms with Gasteiger partial charge in [0.15, 0.2) is 11.5 Å². The minimum atomic E-state index is -0.860. The van der Waals surface area contributed by atoms with Crippen LogP contribution < -0.4 is 14.2 Å². The fourth-order valence-corrected chi connectivity index (χ4v) is 3.04. The molecule has 1 N–H and O–H groups in total. The Hall–Kier alpha value is -2.69. The topological polar surface area (TPSA) is 65.0 Å². The van der Waals surface area contributed by atoms with Gasteiger partial charge in [-0.25, -0.2) is 0 Å². The maximum Gasteiger partial charge on any atom is 0.311 e. The summed E-state index contributed by atoms with van der Waals surface area (Å²) >= 11 is 0. The lowest BCUT2D eigenvalue weighted by atomic mass is 9.88. The molecule has 5 nitrogen and oxygen atoms in total. The zero-order valence-electron chi connectivity index (χ0n) is 15.3. The van der Waals surface area contributed by atoms with E-state index in [1.54, 1.807) is 26.4 Å². The van der Waals surface area contributed by atoms with E-state index in [1.165, 1.54) is 7.11 Å². The average molecular weight is 344 g/mol. The Labute approximate surface area is 148 Å². The van der Waals surface area contributed by atoms with E-state index >= 15 is 0 Å². The van der Waals surface area contributed by atoms with Crippen molar-refractivity contribution < 1.29 is 24.1 Å². The van der Waals surface area contributed by atoms with E-state index in [2.05, 4.69) is 0 Å². The molecule has 134 valence electrons. The molecule has 2 aromatic rings. The highest BCUT2D eigenvalue weighted by Gasteiger charge is 2.24. The summed E-state index contributed by atoms with van der Waals surface area (Å²) in [5.74, 6) is 0.0134. The van der Waals surface area contributed by atoms with Gasteiger partial charge in [0, 0.05) is 0 Å². The number of ether oxygens (including phenoxy) is 3. The molecule has 0 saturated carbocycles. The van der Waals surface area contributed by atoms with E-state index in [9.17, 15) is 9.90 Å². The second-order valence-electron chi connectivity index (χ2n) is 5.99. The first kappa shape index (κ1) is 18.6. The van der Waals surface area contributed by atoms with Crippen molar-refractivity contribution in [1.29, 1.82) is 0 Å². The van der Waals surface area contributed by atoms with Gasteiger partial charge in [-0.05, 0) is 49.1 Å². The summed E-state index contributed by atoms with van der Waals surface area (Å²) in [6.45, 7) is 3.93. The quantitative estimate of drug-likeness (QED) is 0.829. The van der Waals surface area contributed by atoms with Crippen LogP contribution in [0.25, 0.3) is 0 Å². The molecular weight excluding hydrogens is 320 g/mol. The number of benzene rings is 2. The third-order valence-electron chi connectivity index (χ3n) is 4.26. The van der Waals surface area contributed by atoms with Crippen LogP contribution in [-0.4, -0.2) is 32.4 Å². The van der Waals surface area contributed by atoms with Gasteiger partial charge in [0.25, 0.3) is 0 Å². The number of hydrogen-bond acceptors (Lipinski definition) is 4. The second-order valence-corrected chi connectivity index (χ2v) is 5.99. The molecule has 0 amide bonds. The van der Waals surface area contributed by atoms with Crippen molar-refractivity contribution in [2.45, 2.75) is 26.2 Å². The first-order valence-electron chi connectivity index (χ1n) is 8.00. The summed E-state index contributed by atoms with van der Waals surface area (Å²) in [4.78, 5) is 11.9. The largest absolute Gasteiger partial charge is 0.493 e. The highest BCUT2D eigenvalue weighted by Crippen LogP contribution is 2.39. The number of aliphatic carboxylic acids is 1. The lowest BCUT2D eigenvalue weighted by Crippen LogP contribution is -2.16. The van der Waals surface area contributed by atoms with Gasteiger partial charge >= 0.3 is 5.97 Å². The smallest absolute Gasteiger partial charge is 0.311 e. The minimum Gasteiger partial charge on any atom is -0.493 e. The van der Waals surface area contributed by atoms with Gasteiger partial charge < -0.3 is 19.3 Å². The summed E-state index contributed by atoms with van der Waals surface area (Å²) < 4.78 is 16.0. The molecule has 0 aliphatic carbocycles. The third kappa shape index (κ3) is 4.05. The predicted octanol–water partition coefficient (Wildman–Crippen LogP) is 3.74. The highest BCUT2D eigenvalue weighted by molar-refractivity contribution is 5.77. The number of hydrogen-bond donors (Lipinski definition) is 1. The summed E-state index contributed by atoms with van der Waals surface area (Å²) in [6.07, 6.45) is 0.329. The molecule has 2 rings (SSSR count). The molecule has 0 bridgehead atoms. The molecule has 5 heteroatoms. The van der Waals surface area contributed by atoms with Crippen LogP contribution in [-0.2, 0) is 11.2 Å². The van der Waals surface area contributed by atoms with E-state index in [4.69, 9.17) is 14.2 Å². The predicted molar refractivity (Wildman–Crippen MR) is 96.1 cm³/mol. The normalized spacial score (nSPS) is 11.7. The van der Waals surface area contributed by atoms with Gasteiger partial charge in [-0.3, -0.25) is 4.79 Å². The van der Waals surface area contributed by atoms with Crippen LogP contribution in [0.5, 0.6) is 17.2 Å². The molecule has 0 saturated heterocycles. The molecule has 0 fully saturated rings. The molecule has 25 heavy (non-hydrogen) atoms. The molecule has 0 aromatic heterocycles. The number of rotatable bonds is 7. The van der Waals surface area contributed by atoms with Crippen molar-refractivity contribution in [1.82, 2.24) is 0 Å². The van der Waals surface area contributed by atoms with Crippen LogP contribution in [0, 0.1) is 13.8 Å². The van der Waals surface area contributed by atoms with Gasteiger partial charge in [0.05, 0.1) is 27.2 Å². The van der Waals surface area contributed by atoms with Gasteiger partial charge in [0.1, 0.15) is 0 Å². The molecule has 1 unspecified atom stereocenters. The fourth-order valence-electron chi connectivity index (χ4n) is 3.04. The van der Waals surface area contributed by atoms with E-state index in [-0.39, 0.29) is 0 Å². The molecule has 0 aliphatic rings. The first-order chi connectivity index (χ1) is 11.9. The molecule has 0 heterocycles. The van der Waals surface area contributed by atoms with Crippen LogP contribution in [0.3, 0.4) is 0 Å². The number of methoxy groups -OCH3 is 3. The van der Waals surface area contributed by atoms with Crippen molar-refractivity contribution >= 4 is 5.97 Å². The van der Waals surface area contributed by atoms with Crippen molar-refractivity contribution in [3.8, 4) is 17.2 Å². The highest BCUT2D eigenvalue weighted by atomic mass is 16.5. The van der Waals surface area contributed by atoms with Gasteiger partial charge in [-0.15, -0.1) is 0 Å². The van der Waals surface area contributed by atoms with E-state index in [0.717, 1.165) is 22.3 Å². The molecular formula is C20H24O5. The Kier molecular flexibility index (Phi) is 5.91. The van der Waals surface area contributed by atoms with Crippen molar-refractivity contribution in [3.05, 3.63) is 52.6 Å². The summed E-state index contributed by atoms with van der Waals surface area (Å²) in [5, 5.41) is 9.75. The maximum atomic E-state index is 11.9. The first-order valence-corrected chi connectivity index (χ1v) is 8.00. The zero-order valence-corrected chi connectivity index (χ0v) is 15.3. The number of carboxylic acid groups (broad SMARTS) is 1. The van der Waals surface area contributed by atoms with Crippen LogP contribution in [0.4, 0.5) is 0 Å². The molecule has 0 radical (unpaired) electrons. The van der Waals surface area contributed by atoms with Crippen molar-refractivity contribution in [3.63, 3.8) is 0 Å². The Morgan fingerprint density at radius 1 is 1.00 bits per heavy atom. The molecule has 0 spiro atoms. The number of aryl methyl sites for hydroxylation is 2. The molecule has 1 atom stereocenters. The fraction of sp³-hybridized carbons (Fsp3) is 0.350. The number of carbonyl (C=O) groups is 1. The Bertz CT molecular complexity index is 742. The monoisotopic (exact) mass is 344 g/mol. The third-order valence-corrected chi connectivity index (χ3v) is 4.26. The zero-order chi connectivity index (χ0) is 18.6. The van der Waals surface area contributed by atoms with Crippen molar-refractivity contribution in [2.24, 2.45) is 0 Å². The summed E-state index contributed by atoms with van der Waals surface area (Å²) in [5.41, 5.74) is 3.70. The van der Waals surface area contributed by atoms with Crippen LogP contribution in [0.2, 0.25) is 0 Å². The van der Waals surface area contributed by atoms with Crippen LogP contribution in [0.1, 0.15) is 28.2 Å². The van der Waals surface area contributed by atoms with Crippen molar-refractivity contribution in [2.75, 3.05) is 21.3 Å².